The van der Waals surface area contributed by atoms with Crippen LogP contribution in [0.4, 0.5) is 0 Å². The standard InChI is InChI=1S/C17H25NO3/c1-4-13(5-2)12-18(6-3)16(19)11-14-9-7-8-10-15(14)17(20)21/h7-10,13H,4-6,11-12H2,1-3H3,(H,20,21). The molecule has 1 rings (SSSR count). The highest BCUT2D eigenvalue weighted by Crippen LogP contribution is 2.14. The Hall–Kier alpha value is -1.84. The zero-order valence-electron chi connectivity index (χ0n) is 13.1. The number of carboxylic acid groups (broad SMARTS) is 1. The van der Waals surface area contributed by atoms with Crippen molar-refractivity contribution >= 4 is 11.9 Å². The molecule has 0 spiro atoms. The molecule has 0 aliphatic carbocycles. The number of carbonyl (C=O) groups is 2. The number of aromatic carboxylic acids is 1. The van der Waals surface area contributed by atoms with Gasteiger partial charge in [-0.2, -0.15) is 0 Å². The van der Waals surface area contributed by atoms with Crippen LogP contribution in [0.25, 0.3) is 0 Å². The number of likely N-dealkylation sites (N-methyl/N-ethyl adjacent to an activating group) is 1. The van der Waals surface area contributed by atoms with Gasteiger partial charge in [0.05, 0.1) is 12.0 Å². The Morgan fingerprint density at radius 2 is 1.76 bits per heavy atom. The number of carbonyl (C=O) groups excluding carboxylic acids is 1. The van der Waals surface area contributed by atoms with Gasteiger partial charge in [-0.3, -0.25) is 4.79 Å². The Morgan fingerprint density at radius 1 is 1.14 bits per heavy atom. The topological polar surface area (TPSA) is 57.6 Å². The van der Waals surface area contributed by atoms with E-state index in [4.69, 9.17) is 0 Å². The molecule has 0 saturated heterocycles. The Bertz CT molecular complexity index is 481. The molecule has 0 radical (unpaired) electrons. The van der Waals surface area contributed by atoms with Crippen LogP contribution in [0.15, 0.2) is 24.3 Å². The maximum atomic E-state index is 12.4. The zero-order valence-corrected chi connectivity index (χ0v) is 13.1. The second-order valence-corrected chi connectivity index (χ2v) is 5.25. The highest BCUT2D eigenvalue weighted by atomic mass is 16.4. The predicted octanol–water partition coefficient (Wildman–Crippen LogP) is 3.21. The molecule has 4 nitrogen and oxygen atoms in total. The van der Waals surface area contributed by atoms with Crippen LogP contribution in [0.2, 0.25) is 0 Å². The Balaban J connectivity index is 2.81. The highest BCUT2D eigenvalue weighted by molar-refractivity contribution is 5.91. The van der Waals surface area contributed by atoms with Crippen LogP contribution in [0.3, 0.4) is 0 Å². The molecular weight excluding hydrogens is 266 g/mol. The first-order valence-electron chi connectivity index (χ1n) is 7.62. The fourth-order valence-corrected chi connectivity index (χ4v) is 2.42. The molecule has 0 atom stereocenters. The van der Waals surface area contributed by atoms with Crippen molar-refractivity contribution in [3.05, 3.63) is 35.4 Å². The molecule has 0 aliphatic heterocycles. The van der Waals surface area contributed by atoms with E-state index >= 15 is 0 Å². The maximum absolute atomic E-state index is 12.4. The lowest BCUT2D eigenvalue weighted by Crippen LogP contribution is -2.36. The summed E-state index contributed by atoms with van der Waals surface area (Å²) in [6.07, 6.45) is 2.24. The van der Waals surface area contributed by atoms with E-state index in [2.05, 4.69) is 13.8 Å². The molecule has 21 heavy (non-hydrogen) atoms. The lowest BCUT2D eigenvalue weighted by atomic mass is 10.0. The van der Waals surface area contributed by atoms with Gasteiger partial charge in [0.25, 0.3) is 0 Å². The summed E-state index contributed by atoms with van der Waals surface area (Å²) in [7, 11) is 0. The van der Waals surface area contributed by atoms with Gasteiger partial charge in [0, 0.05) is 13.1 Å². The zero-order chi connectivity index (χ0) is 15.8. The number of rotatable bonds is 8. The predicted molar refractivity (Wildman–Crippen MR) is 83.4 cm³/mol. The first kappa shape index (κ1) is 17.2. The van der Waals surface area contributed by atoms with E-state index in [-0.39, 0.29) is 17.9 Å². The lowest BCUT2D eigenvalue weighted by molar-refractivity contribution is -0.130. The van der Waals surface area contributed by atoms with Gasteiger partial charge in [0.1, 0.15) is 0 Å². The van der Waals surface area contributed by atoms with Crippen LogP contribution < -0.4 is 0 Å². The third kappa shape index (κ3) is 4.88. The van der Waals surface area contributed by atoms with Crippen molar-refractivity contribution in [1.82, 2.24) is 4.90 Å². The Morgan fingerprint density at radius 3 is 2.29 bits per heavy atom. The molecular formula is C17H25NO3. The summed E-state index contributed by atoms with van der Waals surface area (Å²) in [5, 5.41) is 9.17. The molecule has 0 heterocycles. The second-order valence-electron chi connectivity index (χ2n) is 5.25. The normalized spacial score (nSPS) is 10.7. The van der Waals surface area contributed by atoms with E-state index in [1.165, 1.54) is 0 Å². The van der Waals surface area contributed by atoms with Gasteiger partial charge < -0.3 is 10.0 Å². The summed E-state index contributed by atoms with van der Waals surface area (Å²) >= 11 is 0. The van der Waals surface area contributed by atoms with Crippen LogP contribution in [0.1, 0.15) is 49.5 Å². The summed E-state index contributed by atoms with van der Waals surface area (Å²) in [5.74, 6) is -0.483. The number of carboxylic acids is 1. The van der Waals surface area contributed by atoms with E-state index in [9.17, 15) is 14.7 Å². The van der Waals surface area contributed by atoms with E-state index in [0.29, 0.717) is 18.0 Å². The molecule has 0 unspecified atom stereocenters. The Labute approximate surface area is 126 Å². The molecule has 0 fully saturated rings. The first-order valence-corrected chi connectivity index (χ1v) is 7.62. The van der Waals surface area contributed by atoms with Crippen LogP contribution in [-0.2, 0) is 11.2 Å². The van der Waals surface area contributed by atoms with Gasteiger partial charge in [0.2, 0.25) is 5.91 Å². The van der Waals surface area contributed by atoms with Gasteiger partial charge in [-0.05, 0) is 24.5 Å². The van der Waals surface area contributed by atoms with Crippen molar-refractivity contribution in [2.24, 2.45) is 5.92 Å². The minimum Gasteiger partial charge on any atom is -0.478 e. The van der Waals surface area contributed by atoms with Crippen LogP contribution >= 0.6 is 0 Å². The molecule has 0 aromatic heterocycles. The quantitative estimate of drug-likeness (QED) is 0.800. The van der Waals surface area contributed by atoms with Gasteiger partial charge >= 0.3 is 5.97 Å². The number of nitrogens with zero attached hydrogens (tertiary/aromatic N) is 1. The van der Waals surface area contributed by atoms with E-state index in [0.717, 1.165) is 19.4 Å². The molecule has 116 valence electrons. The van der Waals surface area contributed by atoms with Crippen LogP contribution in [0.5, 0.6) is 0 Å². The molecule has 1 aromatic carbocycles. The van der Waals surface area contributed by atoms with Gasteiger partial charge in [0.15, 0.2) is 0 Å². The fraction of sp³-hybridized carbons (Fsp3) is 0.529. The average molecular weight is 291 g/mol. The monoisotopic (exact) mass is 291 g/mol. The van der Waals surface area contributed by atoms with Crippen LogP contribution in [-0.4, -0.2) is 35.0 Å². The minimum atomic E-state index is -0.985. The highest BCUT2D eigenvalue weighted by Gasteiger charge is 2.18. The van der Waals surface area contributed by atoms with Crippen LogP contribution in [0, 0.1) is 5.92 Å². The van der Waals surface area contributed by atoms with Gasteiger partial charge in [-0.1, -0.05) is 44.9 Å². The average Bonchev–Trinajstić information content (AvgIpc) is 2.48. The summed E-state index contributed by atoms with van der Waals surface area (Å²) in [5.41, 5.74) is 0.794. The molecule has 4 heteroatoms. The fourth-order valence-electron chi connectivity index (χ4n) is 2.42. The molecule has 1 N–H and O–H groups in total. The van der Waals surface area contributed by atoms with Gasteiger partial charge in [-0.15, -0.1) is 0 Å². The van der Waals surface area contributed by atoms with Crippen molar-refractivity contribution < 1.29 is 14.7 Å². The third-order valence-electron chi connectivity index (χ3n) is 3.96. The van der Waals surface area contributed by atoms with Gasteiger partial charge in [-0.25, -0.2) is 4.79 Å². The number of amides is 1. The third-order valence-corrected chi connectivity index (χ3v) is 3.96. The second kappa shape index (κ2) is 8.45. The summed E-state index contributed by atoms with van der Waals surface area (Å²) in [4.78, 5) is 25.4. The van der Waals surface area contributed by atoms with Crippen molar-refractivity contribution in [3.63, 3.8) is 0 Å². The molecule has 0 aliphatic rings. The summed E-state index contributed by atoms with van der Waals surface area (Å²) in [6, 6.07) is 6.71. The van der Waals surface area contributed by atoms with Crippen molar-refractivity contribution in [1.29, 1.82) is 0 Å². The largest absolute Gasteiger partial charge is 0.478 e. The SMILES string of the molecule is CCC(CC)CN(CC)C(=O)Cc1ccccc1C(=O)O. The molecule has 0 saturated carbocycles. The van der Waals surface area contributed by atoms with E-state index in [1.54, 1.807) is 24.3 Å². The number of hydrogen-bond acceptors (Lipinski definition) is 2. The smallest absolute Gasteiger partial charge is 0.335 e. The minimum absolute atomic E-state index is 0.00176. The number of benzene rings is 1. The molecule has 1 amide bonds. The summed E-state index contributed by atoms with van der Waals surface area (Å²) < 4.78 is 0. The van der Waals surface area contributed by atoms with Crippen molar-refractivity contribution in [2.45, 2.75) is 40.0 Å². The summed E-state index contributed by atoms with van der Waals surface area (Å²) in [6.45, 7) is 7.63. The maximum Gasteiger partial charge on any atom is 0.335 e. The first-order chi connectivity index (χ1) is 10.0. The number of hydrogen-bond donors (Lipinski definition) is 1. The van der Waals surface area contributed by atoms with E-state index in [1.807, 2.05) is 11.8 Å². The Kier molecular flexibility index (Phi) is 6.92. The van der Waals surface area contributed by atoms with Crippen molar-refractivity contribution in [3.8, 4) is 0 Å². The molecule has 1 aromatic rings. The van der Waals surface area contributed by atoms with E-state index < -0.39 is 5.97 Å². The molecule has 0 bridgehead atoms. The van der Waals surface area contributed by atoms with Crippen molar-refractivity contribution in [2.75, 3.05) is 13.1 Å². The lowest BCUT2D eigenvalue weighted by Gasteiger charge is -2.25.